The molecule has 1 atom stereocenters. The first-order chi connectivity index (χ1) is 9.43. The summed E-state index contributed by atoms with van der Waals surface area (Å²) in [6.07, 6.45) is 0. The maximum Gasteiger partial charge on any atom is 0.252 e. The van der Waals surface area contributed by atoms with Crippen molar-refractivity contribution in [2.45, 2.75) is 19.9 Å². The molecule has 6 heteroatoms. The average molecular weight is 277 g/mol. The van der Waals surface area contributed by atoms with Crippen LogP contribution in [-0.2, 0) is 0 Å². The molecular formula is C14H23N5O. The second-order valence-corrected chi connectivity index (χ2v) is 5.45. The lowest BCUT2D eigenvalue weighted by molar-refractivity contribution is 0.0999. The van der Waals surface area contributed by atoms with Crippen LogP contribution in [0.3, 0.4) is 0 Å². The lowest BCUT2D eigenvalue weighted by Gasteiger charge is -2.41. The van der Waals surface area contributed by atoms with Gasteiger partial charge >= 0.3 is 0 Å². The molecular weight excluding hydrogens is 254 g/mol. The number of carbonyl (C=O) groups is 1. The standard InChI is InChI=1S/C14H23N5O/c1-9-6-12(13(14(16)20)10(2)17-9)19-5-4-18(3)8-11(19)7-15/h6,11H,4-5,7-8,15H2,1-3H3,(H2,16,20). The fourth-order valence-corrected chi connectivity index (χ4v) is 2.87. The van der Waals surface area contributed by atoms with Crippen molar-refractivity contribution in [1.29, 1.82) is 0 Å². The van der Waals surface area contributed by atoms with E-state index in [1.54, 1.807) is 0 Å². The van der Waals surface area contributed by atoms with Crippen LogP contribution in [0.4, 0.5) is 5.69 Å². The van der Waals surface area contributed by atoms with Crippen molar-refractivity contribution in [3.8, 4) is 0 Å². The van der Waals surface area contributed by atoms with Crippen LogP contribution in [0.2, 0.25) is 0 Å². The van der Waals surface area contributed by atoms with Crippen LogP contribution in [-0.4, -0.2) is 55.1 Å². The zero-order valence-corrected chi connectivity index (χ0v) is 12.4. The maximum atomic E-state index is 11.8. The highest BCUT2D eigenvalue weighted by Gasteiger charge is 2.28. The number of likely N-dealkylation sites (N-methyl/N-ethyl adjacent to an activating group) is 1. The minimum absolute atomic E-state index is 0.188. The van der Waals surface area contributed by atoms with E-state index in [0.717, 1.165) is 31.0 Å². The first kappa shape index (κ1) is 14.7. The van der Waals surface area contributed by atoms with Crippen LogP contribution < -0.4 is 16.4 Å². The van der Waals surface area contributed by atoms with E-state index >= 15 is 0 Å². The van der Waals surface area contributed by atoms with Gasteiger partial charge in [0.2, 0.25) is 0 Å². The highest BCUT2D eigenvalue weighted by molar-refractivity contribution is 5.99. The third-order valence-corrected chi connectivity index (χ3v) is 3.82. The van der Waals surface area contributed by atoms with Crippen LogP contribution in [0.5, 0.6) is 0 Å². The summed E-state index contributed by atoms with van der Waals surface area (Å²) >= 11 is 0. The molecule has 4 N–H and O–H groups in total. The van der Waals surface area contributed by atoms with E-state index in [1.807, 2.05) is 19.9 Å². The largest absolute Gasteiger partial charge is 0.365 e. The number of nitrogens with two attached hydrogens (primary N) is 2. The number of nitrogens with zero attached hydrogens (tertiary/aromatic N) is 3. The molecule has 20 heavy (non-hydrogen) atoms. The lowest BCUT2D eigenvalue weighted by atomic mass is 10.0. The van der Waals surface area contributed by atoms with E-state index in [0.29, 0.717) is 17.8 Å². The number of piperazine rings is 1. The number of anilines is 1. The summed E-state index contributed by atoms with van der Waals surface area (Å²) in [4.78, 5) is 20.6. The molecule has 0 bridgehead atoms. The number of primary amides is 1. The van der Waals surface area contributed by atoms with Crippen molar-refractivity contribution >= 4 is 11.6 Å². The first-order valence-electron chi connectivity index (χ1n) is 6.87. The van der Waals surface area contributed by atoms with Gasteiger partial charge in [-0.25, -0.2) is 0 Å². The molecule has 0 spiro atoms. The number of carbonyl (C=O) groups excluding carboxylic acids is 1. The molecule has 1 saturated heterocycles. The third kappa shape index (κ3) is 2.76. The fourth-order valence-electron chi connectivity index (χ4n) is 2.87. The van der Waals surface area contributed by atoms with Crippen LogP contribution in [0.25, 0.3) is 0 Å². The van der Waals surface area contributed by atoms with E-state index in [1.165, 1.54) is 0 Å². The van der Waals surface area contributed by atoms with Gasteiger partial charge in [0, 0.05) is 31.9 Å². The summed E-state index contributed by atoms with van der Waals surface area (Å²) in [6, 6.07) is 2.12. The van der Waals surface area contributed by atoms with Crippen molar-refractivity contribution in [3.63, 3.8) is 0 Å². The molecule has 0 aliphatic carbocycles. The lowest BCUT2D eigenvalue weighted by Crippen LogP contribution is -2.55. The van der Waals surface area contributed by atoms with Crippen LogP contribution >= 0.6 is 0 Å². The average Bonchev–Trinajstić information content (AvgIpc) is 2.36. The summed E-state index contributed by atoms with van der Waals surface area (Å²) in [5, 5.41) is 0. The van der Waals surface area contributed by atoms with Crippen molar-refractivity contribution in [2.24, 2.45) is 11.5 Å². The van der Waals surface area contributed by atoms with E-state index in [9.17, 15) is 4.79 Å². The highest BCUT2D eigenvalue weighted by atomic mass is 16.1. The molecule has 1 unspecified atom stereocenters. The topological polar surface area (TPSA) is 88.5 Å². The Bertz CT molecular complexity index is 517. The molecule has 1 aliphatic rings. The van der Waals surface area contributed by atoms with Gasteiger partial charge in [-0.05, 0) is 27.0 Å². The van der Waals surface area contributed by atoms with E-state index in [4.69, 9.17) is 11.5 Å². The van der Waals surface area contributed by atoms with E-state index in [-0.39, 0.29) is 6.04 Å². The fraction of sp³-hybridized carbons (Fsp3) is 0.571. The molecule has 1 amide bonds. The number of aromatic nitrogens is 1. The van der Waals surface area contributed by atoms with Crippen molar-refractivity contribution in [2.75, 3.05) is 38.1 Å². The number of hydrogen-bond donors (Lipinski definition) is 2. The van der Waals surface area contributed by atoms with Crippen molar-refractivity contribution < 1.29 is 4.79 Å². The minimum atomic E-state index is -0.431. The van der Waals surface area contributed by atoms with Gasteiger partial charge < -0.3 is 21.3 Å². The SMILES string of the molecule is Cc1cc(N2CCN(C)CC2CN)c(C(N)=O)c(C)n1. The predicted octanol–water partition coefficient (Wildman–Crippen LogP) is -0.124. The quantitative estimate of drug-likeness (QED) is 0.804. The predicted molar refractivity (Wildman–Crippen MR) is 79.9 cm³/mol. The number of hydrogen-bond acceptors (Lipinski definition) is 5. The van der Waals surface area contributed by atoms with Crippen LogP contribution in [0.1, 0.15) is 21.7 Å². The molecule has 2 heterocycles. The molecule has 1 aromatic heterocycles. The molecule has 0 aromatic carbocycles. The Kier molecular flexibility index (Phi) is 4.25. The van der Waals surface area contributed by atoms with Gasteiger partial charge in [0.25, 0.3) is 5.91 Å². The summed E-state index contributed by atoms with van der Waals surface area (Å²) in [5.41, 5.74) is 14.4. The molecule has 110 valence electrons. The Balaban J connectivity index is 2.47. The Hall–Kier alpha value is -1.66. The zero-order chi connectivity index (χ0) is 14.9. The van der Waals surface area contributed by atoms with Gasteiger partial charge in [-0.3, -0.25) is 9.78 Å². The Morgan fingerprint density at radius 1 is 1.45 bits per heavy atom. The van der Waals surface area contributed by atoms with Gasteiger partial charge in [0.1, 0.15) is 0 Å². The first-order valence-corrected chi connectivity index (χ1v) is 6.87. The third-order valence-electron chi connectivity index (χ3n) is 3.82. The molecule has 1 fully saturated rings. The van der Waals surface area contributed by atoms with E-state index < -0.39 is 5.91 Å². The smallest absolute Gasteiger partial charge is 0.252 e. The minimum Gasteiger partial charge on any atom is -0.365 e. The molecule has 1 aliphatic heterocycles. The van der Waals surface area contributed by atoms with Crippen LogP contribution in [0, 0.1) is 13.8 Å². The molecule has 6 nitrogen and oxygen atoms in total. The number of rotatable bonds is 3. The number of pyridine rings is 1. The highest BCUT2D eigenvalue weighted by Crippen LogP contribution is 2.27. The normalized spacial score (nSPS) is 20.2. The number of aryl methyl sites for hydroxylation is 2. The molecule has 0 saturated carbocycles. The second kappa shape index (κ2) is 5.76. The Morgan fingerprint density at radius 3 is 2.75 bits per heavy atom. The van der Waals surface area contributed by atoms with Gasteiger partial charge in [-0.15, -0.1) is 0 Å². The van der Waals surface area contributed by atoms with Gasteiger partial charge in [0.05, 0.1) is 23.0 Å². The summed E-state index contributed by atoms with van der Waals surface area (Å²) < 4.78 is 0. The zero-order valence-electron chi connectivity index (χ0n) is 12.4. The monoisotopic (exact) mass is 277 g/mol. The summed E-state index contributed by atoms with van der Waals surface area (Å²) in [5.74, 6) is -0.431. The van der Waals surface area contributed by atoms with Crippen LogP contribution in [0.15, 0.2) is 6.07 Å². The Labute approximate surface area is 119 Å². The van der Waals surface area contributed by atoms with Gasteiger partial charge in [-0.1, -0.05) is 0 Å². The molecule has 2 rings (SSSR count). The Morgan fingerprint density at radius 2 is 2.15 bits per heavy atom. The molecule has 0 radical (unpaired) electrons. The number of amides is 1. The summed E-state index contributed by atoms with van der Waals surface area (Å²) in [7, 11) is 2.08. The van der Waals surface area contributed by atoms with Gasteiger partial charge in [-0.2, -0.15) is 0 Å². The second-order valence-electron chi connectivity index (χ2n) is 5.45. The van der Waals surface area contributed by atoms with Gasteiger partial charge in [0.15, 0.2) is 0 Å². The summed E-state index contributed by atoms with van der Waals surface area (Å²) in [6.45, 7) is 6.95. The van der Waals surface area contributed by atoms with E-state index in [2.05, 4.69) is 21.8 Å². The van der Waals surface area contributed by atoms with Crippen molar-refractivity contribution in [3.05, 3.63) is 23.0 Å². The molecule has 1 aromatic rings. The maximum absolute atomic E-state index is 11.8. The van der Waals surface area contributed by atoms with Crippen molar-refractivity contribution in [1.82, 2.24) is 9.88 Å².